The Morgan fingerprint density at radius 1 is 1.25 bits per heavy atom. The van der Waals surface area contributed by atoms with Gasteiger partial charge < -0.3 is 0 Å². The van der Waals surface area contributed by atoms with Gasteiger partial charge in [0, 0.05) is 0 Å². The Bertz CT molecular complexity index is 157. The lowest BCUT2D eigenvalue weighted by Crippen LogP contribution is -2.24. The van der Waals surface area contributed by atoms with Gasteiger partial charge >= 0.3 is 0 Å². The van der Waals surface area contributed by atoms with Crippen LogP contribution >= 0.6 is 0 Å². The van der Waals surface area contributed by atoms with E-state index in [1.54, 1.807) is 0 Å². The fraction of sp³-hybridized carbons (Fsp3) is 0.833. The maximum Gasteiger partial charge on any atom is -0.0115 e. The van der Waals surface area contributed by atoms with E-state index in [1.165, 1.54) is 32.1 Å². The number of hydrogen-bond acceptors (Lipinski definition) is 0. The van der Waals surface area contributed by atoms with E-state index in [1.807, 2.05) is 13.8 Å². The molecule has 0 saturated heterocycles. The molecule has 0 spiro atoms. The number of fused-ring (bicyclic) bond motifs is 1. The Balaban J connectivity index is 0.000000336. The van der Waals surface area contributed by atoms with E-state index in [4.69, 9.17) is 0 Å². The van der Waals surface area contributed by atoms with Gasteiger partial charge in [0.2, 0.25) is 0 Å². The molecule has 0 amide bonds. The van der Waals surface area contributed by atoms with E-state index < -0.39 is 0 Å². The molecule has 1 saturated carbocycles. The van der Waals surface area contributed by atoms with Crippen LogP contribution in [0.1, 0.15) is 52.9 Å². The van der Waals surface area contributed by atoms with Crippen molar-refractivity contribution < 1.29 is 0 Å². The molecule has 2 unspecified atom stereocenters. The molecule has 0 aromatic rings. The van der Waals surface area contributed by atoms with Crippen LogP contribution in [0, 0.1) is 11.3 Å². The predicted molar refractivity (Wildman–Crippen MR) is 55.2 cm³/mol. The summed E-state index contributed by atoms with van der Waals surface area (Å²) in [5.41, 5.74) is 0.609. The van der Waals surface area contributed by atoms with Crippen molar-refractivity contribution >= 4 is 0 Å². The standard InChI is InChI=1S/C10H16.C2H6/c1-10-7-3-2-5-9(10)6-4-8-10;1-2/h4,8-9H,2-3,5-7H2,1H3;1-2H3. The Kier molecular flexibility index (Phi) is 3.37. The zero-order chi connectivity index (χ0) is 9.03. The fourth-order valence-electron chi connectivity index (χ4n) is 2.54. The van der Waals surface area contributed by atoms with Crippen molar-refractivity contribution in [3.63, 3.8) is 0 Å². The second-order valence-corrected chi connectivity index (χ2v) is 4.09. The summed E-state index contributed by atoms with van der Waals surface area (Å²) >= 11 is 0. The number of hydrogen-bond donors (Lipinski definition) is 0. The third kappa shape index (κ3) is 1.73. The molecule has 2 aliphatic carbocycles. The second kappa shape index (κ2) is 4.11. The van der Waals surface area contributed by atoms with E-state index in [9.17, 15) is 0 Å². The molecule has 2 aliphatic rings. The first-order valence-corrected chi connectivity index (χ1v) is 5.49. The molecule has 0 bridgehead atoms. The molecule has 0 heteroatoms. The highest BCUT2D eigenvalue weighted by molar-refractivity contribution is 5.10. The van der Waals surface area contributed by atoms with Crippen LogP contribution in [0.5, 0.6) is 0 Å². The van der Waals surface area contributed by atoms with Crippen molar-refractivity contribution in [3.8, 4) is 0 Å². The van der Waals surface area contributed by atoms with Crippen LogP contribution in [0.4, 0.5) is 0 Å². The highest BCUT2D eigenvalue weighted by atomic mass is 14.4. The van der Waals surface area contributed by atoms with Gasteiger partial charge in [-0.05, 0) is 30.6 Å². The predicted octanol–water partition coefficient (Wildman–Crippen LogP) is 4.17. The van der Waals surface area contributed by atoms with Gasteiger partial charge in [-0.3, -0.25) is 0 Å². The maximum absolute atomic E-state index is 2.46. The molecule has 70 valence electrons. The molecule has 2 atom stereocenters. The van der Waals surface area contributed by atoms with Gasteiger partial charge in [-0.25, -0.2) is 0 Å². The summed E-state index contributed by atoms with van der Waals surface area (Å²) in [6.45, 7) is 6.43. The highest BCUT2D eigenvalue weighted by Gasteiger charge is 2.36. The largest absolute Gasteiger partial charge is 0.0877 e. The normalized spacial score (nSPS) is 38.4. The molecule has 0 heterocycles. The minimum atomic E-state index is 0.609. The van der Waals surface area contributed by atoms with Gasteiger partial charge in [-0.1, -0.05) is 45.8 Å². The van der Waals surface area contributed by atoms with Crippen LogP contribution < -0.4 is 0 Å². The van der Waals surface area contributed by atoms with Crippen molar-refractivity contribution in [1.82, 2.24) is 0 Å². The lowest BCUT2D eigenvalue weighted by atomic mass is 9.70. The number of allylic oxidation sites excluding steroid dienone is 2. The van der Waals surface area contributed by atoms with Gasteiger partial charge in [0.25, 0.3) is 0 Å². The smallest absolute Gasteiger partial charge is 0.0115 e. The summed E-state index contributed by atoms with van der Waals surface area (Å²) in [7, 11) is 0. The van der Waals surface area contributed by atoms with Crippen LogP contribution in [0.25, 0.3) is 0 Å². The maximum atomic E-state index is 2.46. The monoisotopic (exact) mass is 166 g/mol. The van der Waals surface area contributed by atoms with Crippen LogP contribution in [-0.2, 0) is 0 Å². The van der Waals surface area contributed by atoms with E-state index in [2.05, 4.69) is 19.1 Å². The van der Waals surface area contributed by atoms with Gasteiger partial charge in [-0.15, -0.1) is 0 Å². The summed E-state index contributed by atoms with van der Waals surface area (Å²) in [5.74, 6) is 1.00. The van der Waals surface area contributed by atoms with Crippen molar-refractivity contribution in [3.05, 3.63) is 12.2 Å². The minimum Gasteiger partial charge on any atom is -0.0877 e. The second-order valence-electron chi connectivity index (χ2n) is 4.09. The van der Waals surface area contributed by atoms with E-state index in [0.29, 0.717) is 5.41 Å². The molecule has 1 fully saturated rings. The average molecular weight is 166 g/mol. The molecule has 0 nitrogen and oxygen atoms in total. The molecule has 0 aromatic carbocycles. The van der Waals surface area contributed by atoms with E-state index in [0.717, 1.165) is 5.92 Å². The van der Waals surface area contributed by atoms with Crippen LogP contribution in [-0.4, -0.2) is 0 Å². The minimum absolute atomic E-state index is 0.609. The first-order chi connectivity index (χ1) is 5.81. The Labute approximate surface area is 77.1 Å². The van der Waals surface area contributed by atoms with Crippen molar-refractivity contribution in [2.24, 2.45) is 11.3 Å². The third-order valence-electron chi connectivity index (χ3n) is 3.37. The van der Waals surface area contributed by atoms with Crippen LogP contribution in [0.2, 0.25) is 0 Å². The van der Waals surface area contributed by atoms with Gasteiger partial charge in [-0.2, -0.15) is 0 Å². The van der Waals surface area contributed by atoms with Crippen LogP contribution in [0.15, 0.2) is 12.2 Å². The molecule has 0 N–H and O–H groups in total. The first-order valence-electron chi connectivity index (χ1n) is 5.49. The summed E-state index contributed by atoms with van der Waals surface area (Å²) in [6.07, 6.45) is 12.0. The lowest BCUT2D eigenvalue weighted by Gasteiger charge is -2.35. The van der Waals surface area contributed by atoms with Crippen molar-refractivity contribution in [2.45, 2.75) is 52.9 Å². The lowest BCUT2D eigenvalue weighted by molar-refractivity contribution is 0.191. The zero-order valence-corrected chi connectivity index (χ0v) is 8.77. The van der Waals surface area contributed by atoms with E-state index >= 15 is 0 Å². The first kappa shape index (κ1) is 9.83. The average Bonchev–Trinajstić information content (AvgIpc) is 2.49. The molecule has 2 rings (SSSR count). The van der Waals surface area contributed by atoms with Gasteiger partial charge in [0.05, 0.1) is 0 Å². The molecule has 0 aliphatic heterocycles. The fourth-order valence-corrected chi connectivity index (χ4v) is 2.54. The topological polar surface area (TPSA) is 0 Å². The summed E-state index contributed by atoms with van der Waals surface area (Å²) < 4.78 is 0. The highest BCUT2D eigenvalue weighted by Crippen LogP contribution is 2.47. The molecule has 0 radical (unpaired) electrons. The van der Waals surface area contributed by atoms with Gasteiger partial charge in [0.15, 0.2) is 0 Å². The SMILES string of the molecule is CC.CC12C=CCC1CCCC2. The molecule has 0 aromatic heterocycles. The molecular formula is C12H22. The third-order valence-corrected chi connectivity index (χ3v) is 3.37. The number of rotatable bonds is 0. The Morgan fingerprint density at radius 2 is 2.00 bits per heavy atom. The Hall–Kier alpha value is -0.260. The summed E-state index contributed by atoms with van der Waals surface area (Å²) in [5, 5.41) is 0. The summed E-state index contributed by atoms with van der Waals surface area (Å²) in [4.78, 5) is 0. The van der Waals surface area contributed by atoms with Crippen molar-refractivity contribution in [2.75, 3.05) is 0 Å². The Morgan fingerprint density at radius 3 is 2.67 bits per heavy atom. The van der Waals surface area contributed by atoms with E-state index in [-0.39, 0.29) is 0 Å². The molecule has 12 heavy (non-hydrogen) atoms. The summed E-state index contributed by atoms with van der Waals surface area (Å²) in [6, 6.07) is 0. The quantitative estimate of drug-likeness (QED) is 0.474. The molecular weight excluding hydrogens is 144 g/mol. The van der Waals surface area contributed by atoms with Crippen LogP contribution in [0.3, 0.4) is 0 Å². The zero-order valence-electron chi connectivity index (χ0n) is 8.77. The van der Waals surface area contributed by atoms with Gasteiger partial charge in [0.1, 0.15) is 0 Å². The van der Waals surface area contributed by atoms with Crippen molar-refractivity contribution in [1.29, 1.82) is 0 Å².